The molecule has 0 saturated heterocycles. The molecule has 1 aromatic heterocycles. The van der Waals surface area contributed by atoms with Gasteiger partial charge in [0.05, 0.1) is 6.42 Å². The van der Waals surface area contributed by atoms with Gasteiger partial charge in [-0.1, -0.05) is 0 Å². The van der Waals surface area contributed by atoms with Crippen LogP contribution in [0.5, 0.6) is 0 Å². The summed E-state index contributed by atoms with van der Waals surface area (Å²) >= 11 is 0. The van der Waals surface area contributed by atoms with E-state index in [9.17, 15) is 4.79 Å². The third-order valence-electron chi connectivity index (χ3n) is 1.60. The molecule has 0 atom stereocenters. The van der Waals surface area contributed by atoms with E-state index < -0.39 is 5.60 Å². The first-order valence-corrected chi connectivity index (χ1v) is 5.20. The van der Waals surface area contributed by atoms with Gasteiger partial charge in [0.15, 0.2) is 0 Å². The maximum absolute atomic E-state index is 11.3. The molecular formula is C11H17N3O2. The van der Waals surface area contributed by atoms with E-state index in [0.717, 1.165) is 0 Å². The van der Waals surface area contributed by atoms with Gasteiger partial charge in [0.25, 0.3) is 0 Å². The van der Waals surface area contributed by atoms with E-state index in [4.69, 9.17) is 4.74 Å². The summed E-state index contributed by atoms with van der Waals surface area (Å²) in [5.41, 5.74) is -0.430. The third kappa shape index (κ3) is 5.29. The normalized spacial score (nSPS) is 10.9. The van der Waals surface area contributed by atoms with Gasteiger partial charge in [-0.2, -0.15) is 0 Å². The number of anilines is 1. The fourth-order valence-corrected chi connectivity index (χ4v) is 1.06. The molecule has 1 N–H and O–H groups in total. The van der Waals surface area contributed by atoms with Crippen molar-refractivity contribution in [3.8, 4) is 0 Å². The molecule has 5 nitrogen and oxygen atoms in total. The molecule has 0 amide bonds. The van der Waals surface area contributed by atoms with Crippen LogP contribution in [-0.4, -0.2) is 28.1 Å². The van der Waals surface area contributed by atoms with Crippen molar-refractivity contribution in [1.82, 2.24) is 9.97 Å². The van der Waals surface area contributed by atoms with E-state index in [0.29, 0.717) is 18.9 Å². The number of hydrogen-bond acceptors (Lipinski definition) is 5. The second-order valence-corrected chi connectivity index (χ2v) is 4.34. The fraction of sp³-hybridized carbons (Fsp3) is 0.545. The van der Waals surface area contributed by atoms with Crippen LogP contribution in [0.1, 0.15) is 27.2 Å². The lowest BCUT2D eigenvalue weighted by molar-refractivity contribution is -0.154. The number of esters is 1. The fourth-order valence-electron chi connectivity index (χ4n) is 1.06. The molecule has 0 unspecified atom stereocenters. The lowest BCUT2D eigenvalue weighted by atomic mass is 10.2. The first-order valence-electron chi connectivity index (χ1n) is 5.20. The Labute approximate surface area is 95.3 Å². The first-order chi connectivity index (χ1) is 7.47. The van der Waals surface area contributed by atoms with Gasteiger partial charge in [0.1, 0.15) is 5.60 Å². The van der Waals surface area contributed by atoms with Crippen LogP contribution in [0, 0.1) is 0 Å². The molecule has 1 heterocycles. The van der Waals surface area contributed by atoms with E-state index in [-0.39, 0.29) is 5.97 Å². The molecule has 0 saturated carbocycles. The van der Waals surface area contributed by atoms with Crippen molar-refractivity contribution in [1.29, 1.82) is 0 Å². The monoisotopic (exact) mass is 223 g/mol. The summed E-state index contributed by atoms with van der Waals surface area (Å²) in [6, 6.07) is 1.74. The Morgan fingerprint density at radius 3 is 2.56 bits per heavy atom. The largest absolute Gasteiger partial charge is 0.460 e. The van der Waals surface area contributed by atoms with E-state index in [2.05, 4.69) is 15.3 Å². The van der Waals surface area contributed by atoms with Gasteiger partial charge in [-0.05, 0) is 26.8 Å². The zero-order valence-electron chi connectivity index (χ0n) is 9.86. The molecule has 0 bridgehead atoms. The van der Waals surface area contributed by atoms with Crippen LogP contribution in [0.4, 0.5) is 5.95 Å². The predicted molar refractivity (Wildman–Crippen MR) is 61.0 cm³/mol. The molecule has 0 radical (unpaired) electrons. The van der Waals surface area contributed by atoms with E-state index in [1.165, 1.54) is 0 Å². The van der Waals surface area contributed by atoms with Crippen LogP contribution < -0.4 is 5.32 Å². The van der Waals surface area contributed by atoms with Crippen LogP contribution in [0.2, 0.25) is 0 Å². The van der Waals surface area contributed by atoms with Crippen LogP contribution in [-0.2, 0) is 9.53 Å². The summed E-state index contributed by atoms with van der Waals surface area (Å²) in [6.07, 6.45) is 3.58. The standard InChI is InChI=1S/C11H17N3O2/c1-11(2,3)16-9(15)5-8-14-10-12-6-4-7-13-10/h4,6-7H,5,8H2,1-3H3,(H,12,13,14). The van der Waals surface area contributed by atoms with Crippen molar-refractivity contribution >= 4 is 11.9 Å². The Morgan fingerprint density at radius 2 is 2.00 bits per heavy atom. The zero-order valence-corrected chi connectivity index (χ0v) is 9.86. The van der Waals surface area contributed by atoms with Gasteiger partial charge in [0, 0.05) is 18.9 Å². The Bertz CT molecular complexity index is 333. The lowest BCUT2D eigenvalue weighted by Crippen LogP contribution is -2.25. The zero-order chi connectivity index (χ0) is 12.0. The molecule has 0 fully saturated rings. The number of rotatable bonds is 4. The highest BCUT2D eigenvalue weighted by Gasteiger charge is 2.15. The first kappa shape index (κ1) is 12.4. The summed E-state index contributed by atoms with van der Waals surface area (Å²) in [5.74, 6) is 0.294. The third-order valence-corrected chi connectivity index (χ3v) is 1.60. The molecule has 88 valence electrons. The highest BCUT2D eigenvalue weighted by Crippen LogP contribution is 2.08. The van der Waals surface area contributed by atoms with Gasteiger partial charge in [-0.15, -0.1) is 0 Å². The van der Waals surface area contributed by atoms with Crippen LogP contribution in [0.3, 0.4) is 0 Å². The number of nitrogens with one attached hydrogen (secondary N) is 1. The highest BCUT2D eigenvalue weighted by atomic mass is 16.6. The summed E-state index contributed by atoms with van der Waals surface area (Å²) in [7, 11) is 0. The maximum Gasteiger partial charge on any atom is 0.308 e. The lowest BCUT2D eigenvalue weighted by Gasteiger charge is -2.19. The molecule has 0 aliphatic heterocycles. The van der Waals surface area contributed by atoms with Crippen molar-refractivity contribution < 1.29 is 9.53 Å². The number of aromatic nitrogens is 2. The second-order valence-electron chi connectivity index (χ2n) is 4.34. The average Bonchev–Trinajstić information content (AvgIpc) is 2.16. The van der Waals surface area contributed by atoms with E-state index >= 15 is 0 Å². The summed E-state index contributed by atoms with van der Waals surface area (Å²) in [4.78, 5) is 19.3. The second kappa shape index (κ2) is 5.44. The Hall–Kier alpha value is -1.65. The summed E-state index contributed by atoms with van der Waals surface area (Å²) in [6.45, 7) is 6.01. The number of nitrogens with zero attached hydrogens (tertiary/aromatic N) is 2. The molecule has 0 spiro atoms. The summed E-state index contributed by atoms with van der Waals surface area (Å²) < 4.78 is 5.16. The minimum atomic E-state index is -0.430. The van der Waals surface area contributed by atoms with Crippen molar-refractivity contribution in [3.63, 3.8) is 0 Å². The van der Waals surface area contributed by atoms with Crippen LogP contribution in [0.15, 0.2) is 18.5 Å². The average molecular weight is 223 g/mol. The van der Waals surface area contributed by atoms with Crippen LogP contribution >= 0.6 is 0 Å². The van der Waals surface area contributed by atoms with Gasteiger partial charge < -0.3 is 10.1 Å². The molecule has 5 heteroatoms. The Morgan fingerprint density at radius 1 is 1.38 bits per heavy atom. The van der Waals surface area contributed by atoms with Gasteiger partial charge in [-0.25, -0.2) is 9.97 Å². The molecular weight excluding hydrogens is 206 g/mol. The molecule has 0 aliphatic rings. The van der Waals surface area contributed by atoms with Crippen molar-refractivity contribution in [3.05, 3.63) is 18.5 Å². The Balaban J connectivity index is 2.24. The smallest absolute Gasteiger partial charge is 0.308 e. The minimum Gasteiger partial charge on any atom is -0.460 e. The highest BCUT2D eigenvalue weighted by molar-refractivity contribution is 5.70. The van der Waals surface area contributed by atoms with E-state index in [1.807, 2.05) is 20.8 Å². The van der Waals surface area contributed by atoms with Crippen molar-refractivity contribution in [2.75, 3.05) is 11.9 Å². The topological polar surface area (TPSA) is 64.1 Å². The number of ether oxygens (including phenoxy) is 1. The predicted octanol–water partition coefficient (Wildman–Crippen LogP) is 1.62. The number of carbonyl (C=O) groups is 1. The van der Waals surface area contributed by atoms with Crippen molar-refractivity contribution in [2.45, 2.75) is 32.8 Å². The van der Waals surface area contributed by atoms with Gasteiger partial charge in [0.2, 0.25) is 5.95 Å². The molecule has 1 rings (SSSR count). The molecule has 1 aromatic rings. The number of hydrogen-bond donors (Lipinski definition) is 1. The molecule has 16 heavy (non-hydrogen) atoms. The van der Waals surface area contributed by atoms with Crippen molar-refractivity contribution in [2.24, 2.45) is 0 Å². The Kier molecular flexibility index (Phi) is 4.22. The molecule has 0 aliphatic carbocycles. The van der Waals surface area contributed by atoms with Gasteiger partial charge >= 0.3 is 5.97 Å². The minimum absolute atomic E-state index is 0.226. The SMILES string of the molecule is CC(C)(C)OC(=O)CCNc1ncccn1. The number of carbonyl (C=O) groups excluding carboxylic acids is 1. The molecule has 0 aromatic carbocycles. The van der Waals surface area contributed by atoms with Gasteiger partial charge in [-0.3, -0.25) is 4.79 Å². The maximum atomic E-state index is 11.3. The van der Waals surface area contributed by atoms with E-state index in [1.54, 1.807) is 18.5 Å². The van der Waals surface area contributed by atoms with Crippen LogP contribution in [0.25, 0.3) is 0 Å². The summed E-state index contributed by atoms with van der Waals surface area (Å²) in [5, 5.41) is 2.94. The quantitative estimate of drug-likeness (QED) is 0.786.